The maximum Gasteiger partial charge on any atom is 0.290 e. The molecule has 8 nitrogen and oxygen atoms in total. The van der Waals surface area contributed by atoms with Crippen LogP contribution < -0.4 is 19.5 Å². The highest BCUT2D eigenvalue weighted by Crippen LogP contribution is 2.41. The molecule has 39 heavy (non-hydrogen) atoms. The van der Waals surface area contributed by atoms with Crippen LogP contribution in [0.3, 0.4) is 0 Å². The van der Waals surface area contributed by atoms with Gasteiger partial charge in [0, 0.05) is 12.6 Å². The van der Waals surface area contributed by atoms with Gasteiger partial charge in [-0.3, -0.25) is 9.59 Å². The molecule has 0 aliphatic heterocycles. The average Bonchev–Trinajstić information content (AvgIpc) is 3.50. The molecule has 1 atom stereocenters. The van der Waals surface area contributed by atoms with Crippen molar-refractivity contribution in [2.24, 2.45) is 0 Å². The van der Waals surface area contributed by atoms with Crippen molar-refractivity contribution < 1.29 is 28.2 Å². The number of furan rings is 1. The van der Waals surface area contributed by atoms with E-state index in [-0.39, 0.29) is 23.6 Å². The number of carbonyl (C=O) groups excluding carboxylic acids is 2. The van der Waals surface area contributed by atoms with E-state index in [1.807, 2.05) is 25.1 Å². The first-order valence-corrected chi connectivity index (χ1v) is 13.5. The predicted molar refractivity (Wildman–Crippen MR) is 148 cm³/mol. The van der Waals surface area contributed by atoms with Gasteiger partial charge in [0.15, 0.2) is 17.3 Å². The number of aryl methyl sites for hydroxylation is 1. The molecule has 2 aromatic carbocycles. The molecular formula is C31H38N2O6. The first kappa shape index (κ1) is 28.1. The molecule has 1 N–H and O–H groups in total. The van der Waals surface area contributed by atoms with Gasteiger partial charge in [-0.05, 0) is 61.6 Å². The zero-order valence-electron chi connectivity index (χ0n) is 23.2. The van der Waals surface area contributed by atoms with Gasteiger partial charge in [-0.2, -0.15) is 0 Å². The molecule has 0 unspecified atom stereocenters. The Morgan fingerprint density at radius 2 is 1.69 bits per heavy atom. The molecule has 8 heteroatoms. The highest BCUT2D eigenvalue weighted by molar-refractivity contribution is 5.96. The molecular weight excluding hydrogens is 496 g/mol. The molecule has 1 aliphatic carbocycles. The molecule has 0 saturated heterocycles. The van der Waals surface area contributed by atoms with Crippen LogP contribution in [0.25, 0.3) is 0 Å². The second-order valence-corrected chi connectivity index (χ2v) is 9.92. The van der Waals surface area contributed by atoms with E-state index in [1.165, 1.54) is 34.0 Å². The number of rotatable bonds is 11. The van der Waals surface area contributed by atoms with Crippen LogP contribution in [0.2, 0.25) is 0 Å². The summed E-state index contributed by atoms with van der Waals surface area (Å²) in [6.07, 6.45) is 7.17. The maximum absolute atomic E-state index is 14.1. The highest BCUT2D eigenvalue weighted by Gasteiger charge is 2.35. The van der Waals surface area contributed by atoms with Crippen molar-refractivity contribution in [2.45, 2.75) is 57.5 Å². The lowest BCUT2D eigenvalue weighted by Crippen LogP contribution is -2.47. The molecule has 3 aromatic rings. The number of amides is 2. The van der Waals surface area contributed by atoms with Gasteiger partial charge < -0.3 is 28.8 Å². The summed E-state index contributed by atoms with van der Waals surface area (Å²) in [6, 6.07) is 14.0. The highest BCUT2D eigenvalue weighted by atomic mass is 16.5. The molecule has 4 rings (SSSR count). The van der Waals surface area contributed by atoms with Gasteiger partial charge >= 0.3 is 0 Å². The zero-order chi connectivity index (χ0) is 27.8. The standard InChI is InChI=1S/C31H38N2O6/c1-21-10-8-11-22(18-21)15-16-33(31(35)25-14-9-17-39-25)28(30(34)32-24-12-6-5-7-13-24)23-19-26(36-2)29(38-4)27(20-23)37-3/h8-11,14,17-20,24,28H,5-7,12-13,15-16H2,1-4H3,(H,32,34)/t28-/m1/s1. The van der Waals surface area contributed by atoms with Crippen molar-refractivity contribution in [3.8, 4) is 17.2 Å². The SMILES string of the molecule is COc1cc([C@H](C(=O)NC2CCCCC2)N(CCc2cccc(C)c2)C(=O)c2ccco2)cc(OC)c1OC. The Labute approximate surface area is 230 Å². The molecule has 1 fully saturated rings. The van der Waals surface area contributed by atoms with E-state index in [0.29, 0.717) is 35.8 Å². The Hall–Kier alpha value is -3.94. The monoisotopic (exact) mass is 534 g/mol. The first-order chi connectivity index (χ1) is 18.9. The van der Waals surface area contributed by atoms with Gasteiger partial charge in [-0.1, -0.05) is 49.1 Å². The minimum absolute atomic E-state index is 0.0631. The van der Waals surface area contributed by atoms with Crippen molar-refractivity contribution in [3.05, 3.63) is 77.2 Å². The van der Waals surface area contributed by atoms with Gasteiger partial charge in [-0.25, -0.2) is 0 Å². The number of hydrogen-bond acceptors (Lipinski definition) is 6. The van der Waals surface area contributed by atoms with E-state index in [0.717, 1.165) is 36.8 Å². The summed E-state index contributed by atoms with van der Waals surface area (Å²) in [5.74, 6) is 0.782. The first-order valence-electron chi connectivity index (χ1n) is 13.5. The van der Waals surface area contributed by atoms with Gasteiger partial charge in [-0.15, -0.1) is 0 Å². The van der Waals surface area contributed by atoms with Gasteiger partial charge in [0.25, 0.3) is 5.91 Å². The largest absolute Gasteiger partial charge is 0.493 e. The van der Waals surface area contributed by atoms with Crippen LogP contribution in [0.5, 0.6) is 17.2 Å². The Balaban J connectivity index is 1.79. The summed E-state index contributed by atoms with van der Waals surface area (Å²) in [5.41, 5.74) is 2.76. The molecule has 0 bridgehead atoms. The van der Waals surface area contributed by atoms with Gasteiger partial charge in [0.1, 0.15) is 6.04 Å². The van der Waals surface area contributed by atoms with Crippen molar-refractivity contribution in [1.82, 2.24) is 10.2 Å². The lowest BCUT2D eigenvalue weighted by molar-refractivity contribution is -0.126. The van der Waals surface area contributed by atoms with Crippen LogP contribution in [-0.4, -0.2) is 50.6 Å². The minimum Gasteiger partial charge on any atom is -0.493 e. The van der Waals surface area contributed by atoms with Gasteiger partial charge in [0.2, 0.25) is 11.7 Å². The molecule has 1 saturated carbocycles. The Morgan fingerprint density at radius 1 is 0.974 bits per heavy atom. The van der Waals surface area contributed by atoms with Crippen LogP contribution in [0.15, 0.2) is 59.2 Å². The third-order valence-corrected chi connectivity index (χ3v) is 7.23. The third-order valence-electron chi connectivity index (χ3n) is 7.23. The Morgan fingerprint density at radius 3 is 2.28 bits per heavy atom. The van der Waals surface area contributed by atoms with E-state index in [9.17, 15) is 9.59 Å². The van der Waals surface area contributed by atoms with Crippen LogP contribution in [0.1, 0.15) is 65.4 Å². The number of benzene rings is 2. The van der Waals surface area contributed by atoms with E-state index in [4.69, 9.17) is 18.6 Å². The lowest BCUT2D eigenvalue weighted by Gasteiger charge is -2.33. The number of methoxy groups -OCH3 is 3. The van der Waals surface area contributed by atoms with Crippen molar-refractivity contribution in [2.75, 3.05) is 27.9 Å². The molecule has 0 radical (unpaired) electrons. The van der Waals surface area contributed by atoms with Crippen molar-refractivity contribution in [1.29, 1.82) is 0 Å². The molecule has 0 spiro atoms. The van der Waals surface area contributed by atoms with Crippen molar-refractivity contribution in [3.63, 3.8) is 0 Å². The number of ether oxygens (including phenoxy) is 3. The second-order valence-electron chi connectivity index (χ2n) is 9.92. The van der Waals surface area contributed by atoms with Crippen LogP contribution in [0, 0.1) is 6.92 Å². The maximum atomic E-state index is 14.1. The van der Waals surface area contributed by atoms with Crippen LogP contribution in [-0.2, 0) is 11.2 Å². The third kappa shape index (κ3) is 6.74. The molecule has 2 amide bonds. The Kier molecular flexibility index (Phi) is 9.52. The van der Waals surface area contributed by atoms with E-state index in [2.05, 4.69) is 11.4 Å². The summed E-state index contributed by atoms with van der Waals surface area (Å²) in [4.78, 5) is 29.6. The number of nitrogens with one attached hydrogen (secondary N) is 1. The topological polar surface area (TPSA) is 90.2 Å². The smallest absolute Gasteiger partial charge is 0.290 e. The van der Waals surface area contributed by atoms with Gasteiger partial charge in [0.05, 0.1) is 27.6 Å². The average molecular weight is 535 g/mol. The fraction of sp³-hybridized carbons (Fsp3) is 0.419. The molecule has 1 heterocycles. The van der Waals surface area contributed by atoms with E-state index in [1.54, 1.807) is 29.2 Å². The summed E-state index contributed by atoms with van der Waals surface area (Å²) in [5, 5.41) is 3.23. The van der Waals surface area contributed by atoms with Crippen LogP contribution >= 0.6 is 0 Å². The fourth-order valence-corrected chi connectivity index (χ4v) is 5.27. The molecule has 208 valence electrons. The minimum atomic E-state index is -0.956. The lowest BCUT2D eigenvalue weighted by atomic mass is 9.94. The van der Waals surface area contributed by atoms with Crippen LogP contribution in [0.4, 0.5) is 0 Å². The fourth-order valence-electron chi connectivity index (χ4n) is 5.27. The number of hydrogen-bond donors (Lipinski definition) is 1. The summed E-state index contributed by atoms with van der Waals surface area (Å²) in [7, 11) is 4.59. The summed E-state index contributed by atoms with van der Waals surface area (Å²) in [6.45, 7) is 2.33. The predicted octanol–water partition coefficient (Wildman–Crippen LogP) is 5.49. The summed E-state index contributed by atoms with van der Waals surface area (Å²) < 4.78 is 22.2. The Bertz CT molecular complexity index is 1220. The number of carbonyl (C=O) groups is 2. The van der Waals surface area contributed by atoms with E-state index < -0.39 is 6.04 Å². The van der Waals surface area contributed by atoms with Crippen molar-refractivity contribution >= 4 is 11.8 Å². The number of nitrogens with zero attached hydrogens (tertiary/aromatic N) is 1. The van der Waals surface area contributed by atoms with E-state index >= 15 is 0 Å². The zero-order valence-corrected chi connectivity index (χ0v) is 23.2. The quantitative estimate of drug-likeness (QED) is 0.350. The normalized spacial score (nSPS) is 14.4. The molecule has 1 aromatic heterocycles. The summed E-state index contributed by atoms with van der Waals surface area (Å²) >= 11 is 0. The molecule has 1 aliphatic rings. The second kappa shape index (κ2) is 13.2.